The lowest BCUT2D eigenvalue weighted by Crippen LogP contribution is -2.12. The molecule has 2 rings (SSSR count). The van der Waals surface area contributed by atoms with E-state index in [1.165, 1.54) is 22.9 Å². The third-order valence-electron chi connectivity index (χ3n) is 2.66. The number of carbonyl (C=O) groups is 1. The van der Waals surface area contributed by atoms with Gasteiger partial charge in [-0.2, -0.15) is 5.10 Å². The van der Waals surface area contributed by atoms with E-state index < -0.39 is 4.92 Å². The molecule has 0 aliphatic rings. The van der Waals surface area contributed by atoms with E-state index in [0.717, 1.165) is 0 Å². The lowest BCUT2D eigenvalue weighted by atomic mass is 10.2. The molecule has 0 aliphatic heterocycles. The number of carbonyl (C=O) groups excluding carboxylic acids is 1. The minimum atomic E-state index is -0.604. The molecule has 104 valence electrons. The van der Waals surface area contributed by atoms with Gasteiger partial charge in [0.1, 0.15) is 5.02 Å². The number of aromatic nitrogens is 2. The van der Waals surface area contributed by atoms with Crippen LogP contribution in [0.3, 0.4) is 0 Å². The van der Waals surface area contributed by atoms with Gasteiger partial charge in [-0.05, 0) is 19.1 Å². The zero-order valence-corrected chi connectivity index (χ0v) is 11.5. The summed E-state index contributed by atoms with van der Waals surface area (Å²) in [4.78, 5) is 22.2. The summed E-state index contributed by atoms with van der Waals surface area (Å²) in [5, 5.41) is 17.4. The molecular formula is C12H11ClN4O3. The number of aryl methyl sites for hydroxylation is 2. The van der Waals surface area contributed by atoms with Crippen LogP contribution in [0, 0.1) is 17.0 Å². The van der Waals surface area contributed by atoms with E-state index in [9.17, 15) is 14.9 Å². The van der Waals surface area contributed by atoms with Gasteiger partial charge in [0.25, 0.3) is 11.6 Å². The molecule has 1 amide bonds. The first-order valence-corrected chi connectivity index (χ1v) is 6.02. The van der Waals surface area contributed by atoms with Crippen molar-refractivity contribution in [2.24, 2.45) is 7.05 Å². The van der Waals surface area contributed by atoms with Gasteiger partial charge < -0.3 is 5.32 Å². The van der Waals surface area contributed by atoms with E-state index in [-0.39, 0.29) is 16.6 Å². The number of halogens is 1. The monoisotopic (exact) mass is 294 g/mol. The van der Waals surface area contributed by atoms with Gasteiger partial charge >= 0.3 is 0 Å². The van der Waals surface area contributed by atoms with Crippen molar-refractivity contribution in [3.8, 4) is 0 Å². The van der Waals surface area contributed by atoms with Crippen molar-refractivity contribution in [1.82, 2.24) is 9.78 Å². The summed E-state index contributed by atoms with van der Waals surface area (Å²) >= 11 is 5.71. The molecule has 2 aromatic rings. The molecule has 7 nitrogen and oxygen atoms in total. The summed E-state index contributed by atoms with van der Waals surface area (Å²) in [6.45, 7) is 1.71. The van der Waals surface area contributed by atoms with Crippen molar-refractivity contribution in [3.05, 3.63) is 50.8 Å². The minimum Gasteiger partial charge on any atom is -0.322 e. The van der Waals surface area contributed by atoms with Crippen molar-refractivity contribution in [2.75, 3.05) is 5.32 Å². The van der Waals surface area contributed by atoms with Crippen LogP contribution < -0.4 is 5.32 Å². The summed E-state index contributed by atoms with van der Waals surface area (Å²) in [7, 11) is 1.71. The minimum absolute atomic E-state index is 0.0190. The molecule has 1 aromatic carbocycles. The van der Waals surface area contributed by atoms with E-state index in [2.05, 4.69) is 10.4 Å². The normalized spacial score (nSPS) is 10.3. The predicted octanol–water partition coefficient (Wildman–Crippen LogP) is 2.54. The molecule has 1 heterocycles. The van der Waals surface area contributed by atoms with E-state index in [0.29, 0.717) is 16.9 Å². The van der Waals surface area contributed by atoms with Gasteiger partial charge in [-0.25, -0.2) is 0 Å². The van der Waals surface area contributed by atoms with Crippen molar-refractivity contribution < 1.29 is 9.72 Å². The average molecular weight is 295 g/mol. The zero-order chi connectivity index (χ0) is 14.9. The van der Waals surface area contributed by atoms with Gasteiger partial charge in [0.05, 0.1) is 16.2 Å². The number of nitro benzene ring substituents is 1. The quantitative estimate of drug-likeness (QED) is 0.695. The van der Waals surface area contributed by atoms with E-state index in [1.807, 2.05) is 0 Å². The molecule has 1 N–H and O–H groups in total. The first-order valence-electron chi connectivity index (χ1n) is 5.64. The molecule has 1 aromatic heterocycles. The number of nitrogens with zero attached hydrogens (tertiary/aromatic N) is 3. The fourth-order valence-electron chi connectivity index (χ4n) is 1.75. The third-order valence-corrected chi connectivity index (χ3v) is 2.98. The molecule has 0 atom stereocenters. The highest BCUT2D eigenvalue weighted by Crippen LogP contribution is 2.27. The van der Waals surface area contributed by atoms with Crippen LogP contribution in [0.5, 0.6) is 0 Å². The number of hydrogen-bond donors (Lipinski definition) is 1. The topological polar surface area (TPSA) is 90.1 Å². The van der Waals surface area contributed by atoms with Crippen molar-refractivity contribution >= 4 is 28.9 Å². The molecule has 8 heteroatoms. The van der Waals surface area contributed by atoms with E-state index in [1.54, 1.807) is 20.2 Å². The summed E-state index contributed by atoms with van der Waals surface area (Å²) in [5.74, 6) is -0.382. The standard InChI is InChI=1S/C12H11ClN4O3/c1-7-9(6-16(2)15-7)12(18)14-8-3-4-10(13)11(5-8)17(19)20/h3-6H,1-2H3,(H,14,18). The molecule has 20 heavy (non-hydrogen) atoms. The van der Waals surface area contributed by atoms with E-state index >= 15 is 0 Å². The number of benzene rings is 1. The SMILES string of the molecule is Cc1nn(C)cc1C(=O)Nc1ccc(Cl)c([N+](=O)[O-])c1. The number of anilines is 1. The predicted molar refractivity (Wildman–Crippen MR) is 74.0 cm³/mol. The van der Waals surface area contributed by atoms with Crippen molar-refractivity contribution in [3.63, 3.8) is 0 Å². The van der Waals surface area contributed by atoms with Crippen LogP contribution >= 0.6 is 11.6 Å². The maximum atomic E-state index is 12.0. The van der Waals surface area contributed by atoms with Gasteiger partial charge in [-0.1, -0.05) is 11.6 Å². The number of rotatable bonds is 3. The molecule has 0 aliphatic carbocycles. The Balaban J connectivity index is 2.26. The number of nitrogens with one attached hydrogen (secondary N) is 1. The first kappa shape index (κ1) is 14.0. The number of hydrogen-bond acceptors (Lipinski definition) is 4. The third kappa shape index (κ3) is 2.77. The van der Waals surface area contributed by atoms with Crippen LogP contribution in [0.1, 0.15) is 16.1 Å². The van der Waals surface area contributed by atoms with Gasteiger partial charge in [-0.3, -0.25) is 19.6 Å². The second kappa shape index (κ2) is 5.30. The smallest absolute Gasteiger partial charge is 0.289 e. The maximum Gasteiger partial charge on any atom is 0.289 e. The van der Waals surface area contributed by atoms with Crippen molar-refractivity contribution in [2.45, 2.75) is 6.92 Å². The fourth-order valence-corrected chi connectivity index (χ4v) is 1.94. The van der Waals surface area contributed by atoms with E-state index in [4.69, 9.17) is 11.6 Å². The van der Waals surface area contributed by atoms with Gasteiger partial charge in [0.15, 0.2) is 0 Å². The van der Waals surface area contributed by atoms with Crippen LogP contribution in [0.2, 0.25) is 5.02 Å². The molecule has 0 saturated carbocycles. The van der Waals surface area contributed by atoms with Gasteiger partial charge in [-0.15, -0.1) is 0 Å². The Morgan fingerprint density at radius 3 is 2.75 bits per heavy atom. The largest absolute Gasteiger partial charge is 0.322 e. The second-order valence-electron chi connectivity index (χ2n) is 4.18. The summed E-state index contributed by atoms with van der Waals surface area (Å²) in [5.41, 5.74) is 1.03. The van der Waals surface area contributed by atoms with Crippen LogP contribution in [0.15, 0.2) is 24.4 Å². The average Bonchev–Trinajstić information content (AvgIpc) is 2.70. The summed E-state index contributed by atoms with van der Waals surface area (Å²) in [6, 6.07) is 4.08. The van der Waals surface area contributed by atoms with Gasteiger partial charge in [0.2, 0.25) is 0 Å². The molecule has 0 fully saturated rings. The Morgan fingerprint density at radius 2 is 2.20 bits per heavy atom. The van der Waals surface area contributed by atoms with Gasteiger partial charge in [0, 0.05) is 25.0 Å². The summed E-state index contributed by atoms with van der Waals surface area (Å²) in [6.07, 6.45) is 1.58. The molecule has 0 spiro atoms. The fraction of sp³-hybridized carbons (Fsp3) is 0.167. The molecular weight excluding hydrogens is 284 g/mol. The number of amides is 1. The van der Waals surface area contributed by atoms with Crippen LogP contribution in [-0.2, 0) is 7.05 Å². The molecule has 0 bridgehead atoms. The molecule has 0 radical (unpaired) electrons. The Kier molecular flexibility index (Phi) is 3.71. The maximum absolute atomic E-state index is 12.0. The zero-order valence-electron chi connectivity index (χ0n) is 10.8. The lowest BCUT2D eigenvalue weighted by molar-refractivity contribution is -0.384. The Hall–Kier alpha value is -2.41. The highest BCUT2D eigenvalue weighted by molar-refractivity contribution is 6.32. The molecule has 0 unspecified atom stereocenters. The Bertz CT molecular complexity index is 696. The Labute approximate surface area is 119 Å². The first-order chi connectivity index (χ1) is 9.38. The Morgan fingerprint density at radius 1 is 1.50 bits per heavy atom. The highest BCUT2D eigenvalue weighted by atomic mass is 35.5. The second-order valence-corrected chi connectivity index (χ2v) is 4.59. The summed E-state index contributed by atoms with van der Waals surface area (Å²) < 4.78 is 1.52. The van der Waals surface area contributed by atoms with Crippen LogP contribution in [0.25, 0.3) is 0 Å². The van der Waals surface area contributed by atoms with Crippen molar-refractivity contribution in [1.29, 1.82) is 0 Å². The number of nitro groups is 1. The lowest BCUT2D eigenvalue weighted by Gasteiger charge is -2.04. The highest BCUT2D eigenvalue weighted by Gasteiger charge is 2.16. The van der Waals surface area contributed by atoms with Crippen LogP contribution in [-0.4, -0.2) is 20.6 Å². The van der Waals surface area contributed by atoms with Crippen LogP contribution in [0.4, 0.5) is 11.4 Å². The molecule has 0 saturated heterocycles.